The second-order valence-electron chi connectivity index (χ2n) is 5.22. The quantitative estimate of drug-likeness (QED) is 0.868. The van der Waals surface area contributed by atoms with E-state index in [9.17, 15) is 13.2 Å². The van der Waals surface area contributed by atoms with Crippen molar-refractivity contribution in [3.63, 3.8) is 0 Å². The van der Waals surface area contributed by atoms with Crippen molar-refractivity contribution in [2.75, 3.05) is 18.1 Å². The monoisotopic (exact) mass is 362 g/mol. The van der Waals surface area contributed by atoms with Gasteiger partial charge in [-0.2, -0.15) is 0 Å². The number of hydrogen-bond acceptors (Lipinski definition) is 3. The lowest BCUT2D eigenvalue weighted by atomic mass is 10.1. The van der Waals surface area contributed by atoms with Crippen LogP contribution in [0.3, 0.4) is 0 Å². The van der Waals surface area contributed by atoms with Crippen molar-refractivity contribution < 1.29 is 13.2 Å². The second-order valence-corrected chi connectivity index (χ2v) is 8.36. The molecule has 1 unspecified atom stereocenters. The Balaban J connectivity index is 1.95. The van der Waals surface area contributed by atoms with Crippen LogP contribution in [0.4, 0.5) is 0 Å². The highest BCUT2D eigenvalue weighted by molar-refractivity contribution is 9.10. The number of hydrogen-bond donors (Lipinski definition) is 1. The number of rotatable bonds is 5. The van der Waals surface area contributed by atoms with E-state index in [2.05, 4.69) is 28.2 Å². The van der Waals surface area contributed by atoms with Crippen LogP contribution in [-0.4, -0.2) is 36.9 Å². The Kier molecular flexibility index (Phi) is 4.90. The van der Waals surface area contributed by atoms with Gasteiger partial charge in [0, 0.05) is 23.8 Å². The third-order valence-electron chi connectivity index (χ3n) is 3.44. The van der Waals surface area contributed by atoms with Gasteiger partial charge in [-0.25, -0.2) is 8.42 Å². The number of amides is 1. The third-order valence-corrected chi connectivity index (χ3v) is 5.71. The number of halogens is 1. The predicted molar refractivity (Wildman–Crippen MR) is 81.5 cm³/mol. The molecule has 5 nitrogen and oxygen atoms in total. The zero-order valence-corrected chi connectivity index (χ0v) is 13.8. The smallest absolute Gasteiger partial charge is 0.267 e. The molecule has 1 aromatic heterocycles. The summed E-state index contributed by atoms with van der Waals surface area (Å²) < 4.78 is 25.5. The number of nitrogens with one attached hydrogen (secondary N) is 1. The molecular formula is C13H19BrN2O3S. The van der Waals surface area contributed by atoms with Crippen LogP contribution in [0, 0.1) is 5.92 Å². The average molecular weight is 363 g/mol. The predicted octanol–water partition coefficient (Wildman–Crippen LogP) is 1.83. The fourth-order valence-electron chi connectivity index (χ4n) is 2.45. The standard InChI is InChI=1S/C13H19BrN2O3S/c1-2-4-16-8-11(14)6-12(16)13(17)15-7-10-3-5-20(18,19)9-10/h6,8,10H,2-5,7,9H2,1H3,(H,15,17). The molecule has 1 fully saturated rings. The Morgan fingerprint density at radius 2 is 2.30 bits per heavy atom. The summed E-state index contributed by atoms with van der Waals surface area (Å²) in [7, 11) is -2.88. The largest absolute Gasteiger partial charge is 0.350 e. The second kappa shape index (κ2) is 6.30. The van der Waals surface area contributed by atoms with E-state index < -0.39 is 9.84 Å². The third kappa shape index (κ3) is 3.85. The molecule has 0 aromatic carbocycles. The van der Waals surface area contributed by atoms with E-state index in [-0.39, 0.29) is 23.3 Å². The minimum atomic E-state index is -2.88. The van der Waals surface area contributed by atoms with Gasteiger partial charge in [-0.1, -0.05) is 6.92 Å². The summed E-state index contributed by atoms with van der Waals surface area (Å²) in [6.07, 6.45) is 3.48. The van der Waals surface area contributed by atoms with E-state index in [0.29, 0.717) is 18.7 Å². The van der Waals surface area contributed by atoms with Crippen LogP contribution in [0.25, 0.3) is 0 Å². The van der Waals surface area contributed by atoms with Crippen LogP contribution in [0.15, 0.2) is 16.7 Å². The van der Waals surface area contributed by atoms with Crippen molar-refractivity contribution in [1.82, 2.24) is 9.88 Å². The Hall–Kier alpha value is -0.820. The zero-order valence-electron chi connectivity index (χ0n) is 11.4. The normalized spacial score (nSPS) is 21.0. The highest BCUT2D eigenvalue weighted by Crippen LogP contribution is 2.18. The summed E-state index contributed by atoms with van der Waals surface area (Å²) in [5.74, 6) is 0.327. The molecule has 1 atom stereocenters. The number of sulfone groups is 1. The molecule has 0 bridgehead atoms. The summed E-state index contributed by atoms with van der Waals surface area (Å²) in [4.78, 5) is 12.2. The van der Waals surface area contributed by atoms with Gasteiger partial charge in [0.25, 0.3) is 5.91 Å². The molecular weight excluding hydrogens is 344 g/mol. The van der Waals surface area contributed by atoms with Gasteiger partial charge in [0.15, 0.2) is 9.84 Å². The molecule has 0 spiro atoms. The maximum Gasteiger partial charge on any atom is 0.267 e. The topological polar surface area (TPSA) is 68.2 Å². The van der Waals surface area contributed by atoms with Crippen LogP contribution < -0.4 is 5.32 Å². The van der Waals surface area contributed by atoms with E-state index >= 15 is 0 Å². The van der Waals surface area contributed by atoms with Gasteiger partial charge in [-0.05, 0) is 40.8 Å². The molecule has 1 aliphatic heterocycles. The number of nitrogens with zero attached hydrogens (tertiary/aromatic N) is 1. The van der Waals surface area contributed by atoms with Gasteiger partial charge in [0.05, 0.1) is 11.5 Å². The average Bonchev–Trinajstić information content (AvgIpc) is 2.90. The number of carbonyl (C=O) groups excluding carboxylic acids is 1. The van der Waals surface area contributed by atoms with Gasteiger partial charge in [-0.15, -0.1) is 0 Å². The van der Waals surface area contributed by atoms with Crippen LogP contribution in [0.2, 0.25) is 0 Å². The first-order valence-electron chi connectivity index (χ1n) is 6.75. The van der Waals surface area contributed by atoms with Crippen LogP contribution >= 0.6 is 15.9 Å². The summed E-state index contributed by atoms with van der Waals surface area (Å²) in [6.45, 7) is 3.26. The molecule has 0 saturated carbocycles. The van der Waals surface area contributed by atoms with Crippen LogP contribution in [-0.2, 0) is 16.4 Å². The molecule has 1 aromatic rings. The molecule has 112 valence electrons. The molecule has 2 rings (SSSR count). The molecule has 0 radical (unpaired) electrons. The molecule has 2 heterocycles. The minimum Gasteiger partial charge on any atom is -0.350 e. The van der Waals surface area contributed by atoms with E-state index in [1.54, 1.807) is 6.07 Å². The van der Waals surface area contributed by atoms with Crippen LogP contribution in [0.1, 0.15) is 30.3 Å². The first kappa shape index (κ1) is 15.6. The lowest BCUT2D eigenvalue weighted by Gasteiger charge is -2.11. The molecule has 1 amide bonds. The van der Waals surface area contributed by atoms with Gasteiger partial charge < -0.3 is 9.88 Å². The van der Waals surface area contributed by atoms with Crippen molar-refractivity contribution in [2.45, 2.75) is 26.3 Å². The maximum atomic E-state index is 12.2. The van der Waals surface area contributed by atoms with E-state index in [1.165, 1.54) is 0 Å². The number of aromatic nitrogens is 1. The van der Waals surface area contributed by atoms with Gasteiger partial charge in [-0.3, -0.25) is 4.79 Å². The highest BCUT2D eigenvalue weighted by atomic mass is 79.9. The van der Waals surface area contributed by atoms with Crippen molar-refractivity contribution in [2.24, 2.45) is 5.92 Å². The van der Waals surface area contributed by atoms with Crippen molar-refractivity contribution in [1.29, 1.82) is 0 Å². The summed E-state index contributed by atoms with van der Waals surface area (Å²) in [5.41, 5.74) is 0.611. The summed E-state index contributed by atoms with van der Waals surface area (Å²) >= 11 is 3.37. The van der Waals surface area contributed by atoms with Gasteiger partial charge in [0.1, 0.15) is 5.69 Å². The van der Waals surface area contributed by atoms with E-state index in [0.717, 1.165) is 17.4 Å². The summed E-state index contributed by atoms with van der Waals surface area (Å²) in [5, 5.41) is 2.85. The van der Waals surface area contributed by atoms with Gasteiger partial charge in [0.2, 0.25) is 0 Å². The molecule has 1 aliphatic rings. The lowest BCUT2D eigenvalue weighted by Crippen LogP contribution is -2.31. The molecule has 1 saturated heterocycles. The SMILES string of the molecule is CCCn1cc(Br)cc1C(=O)NCC1CCS(=O)(=O)C1. The first-order chi connectivity index (χ1) is 9.41. The Morgan fingerprint density at radius 1 is 1.55 bits per heavy atom. The first-order valence-corrected chi connectivity index (χ1v) is 9.37. The highest BCUT2D eigenvalue weighted by Gasteiger charge is 2.28. The van der Waals surface area contributed by atoms with Crippen LogP contribution in [0.5, 0.6) is 0 Å². The number of aryl methyl sites for hydroxylation is 1. The van der Waals surface area contributed by atoms with Crippen molar-refractivity contribution in [3.05, 3.63) is 22.4 Å². The maximum absolute atomic E-state index is 12.2. The van der Waals surface area contributed by atoms with E-state index in [4.69, 9.17) is 0 Å². The fourth-order valence-corrected chi connectivity index (χ4v) is 4.78. The fraction of sp³-hybridized carbons (Fsp3) is 0.615. The van der Waals surface area contributed by atoms with E-state index in [1.807, 2.05) is 10.8 Å². The zero-order chi connectivity index (χ0) is 14.8. The van der Waals surface area contributed by atoms with Crippen molar-refractivity contribution >= 4 is 31.7 Å². The summed E-state index contributed by atoms with van der Waals surface area (Å²) in [6, 6.07) is 1.79. The van der Waals surface area contributed by atoms with Crippen molar-refractivity contribution in [3.8, 4) is 0 Å². The molecule has 7 heteroatoms. The molecule has 20 heavy (non-hydrogen) atoms. The molecule has 1 N–H and O–H groups in total. The lowest BCUT2D eigenvalue weighted by molar-refractivity contribution is 0.0939. The Labute approximate surface area is 127 Å². The molecule has 0 aliphatic carbocycles. The Morgan fingerprint density at radius 3 is 2.90 bits per heavy atom. The number of carbonyl (C=O) groups is 1. The minimum absolute atomic E-state index is 0.0435. The van der Waals surface area contributed by atoms with Gasteiger partial charge >= 0.3 is 0 Å². The Bertz CT molecular complexity index is 595.